The van der Waals surface area contributed by atoms with Crippen LogP contribution in [0, 0.1) is 5.82 Å². The Balaban J connectivity index is 2.78. The van der Waals surface area contributed by atoms with E-state index in [4.69, 9.17) is 0 Å². The lowest BCUT2D eigenvalue weighted by Crippen LogP contribution is -1.87. The van der Waals surface area contributed by atoms with Crippen molar-refractivity contribution in [2.24, 2.45) is 0 Å². The number of carbonyl (C=O) groups is 1. The molecule has 3 heteroatoms. The van der Waals surface area contributed by atoms with Gasteiger partial charge in [-0.25, -0.2) is 4.39 Å². The minimum absolute atomic E-state index is 0.141. The smallest absolute Gasteiger partial charge is 0.153 e. The second kappa shape index (κ2) is 3.50. The second-order valence-electron chi connectivity index (χ2n) is 3.08. The highest BCUT2D eigenvalue weighted by molar-refractivity contribution is 7.17. The molecule has 0 atom stereocenters. The predicted octanol–water partition coefficient (Wildman–Crippen LogP) is 3.42. The van der Waals surface area contributed by atoms with E-state index in [9.17, 15) is 9.18 Å². The molecule has 1 aromatic carbocycles. The summed E-state index contributed by atoms with van der Waals surface area (Å²) >= 11 is 1.36. The minimum atomic E-state index is -0.387. The van der Waals surface area contributed by atoms with E-state index in [0.717, 1.165) is 17.4 Å². The van der Waals surface area contributed by atoms with E-state index in [0.29, 0.717) is 11.0 Å². The van der Waals surface area contributed by atoms with Crippen molar-refractivity contribution in [3.05, 3.63) is 34.5 Å². The maximum atomic E-state index is 13.6. The predicted molar refractivity (Wildman–Crippen MR) is 56.5 cm³/mol. The molecular weight excluding hydrogens is 199 g/mol. The summed E-state index contributed by atoms with van der Waals surface area (Å²) in [7, 11) is 0. The fraction of sp³-hybridized carbons (Fsp3) is 0.182. The Labute approximate surface area is 85.2 Å². The topological polar surface area (TPSA) is 17.1 Å². The molecule has 2 rings (SSSR count). The van der Waals surface area contributed by atoms with E-state index in [1.54, 1.807) is 0 Å². The fourth-order valence-corrected chi connectivity index (χ4v) is 2.60. The van der Waals surface area contributed by atoms with Crippen molar-refractivity contribution >= 4 is 27.7 Å². The van der Waals surface area contributed by atoms with Crippen molar-refractivity contribution < 1.29 is 9.18 Å². The molecule has 0 bridgehead atoms. The van der Waals surface area contributed by atoms with Gasteiger partial charge in [0.1, 0.15) is 0 Å². The third-order valence-corrected chi connectivity index (χ3v) is 3.34. The quantitative estimate of drug-likeness (QED) is 0.691. The summed E-state index contributed by atoms with van der Waals surface area (Å²) in [6.07, 6.45) is 1.44. The summed E-state index contributed by atoms with van der Waals surface area (Å²) < 4.78 is 14.2. The lowest BCUT2D eigenvalue weighted by Gasteiger charge is -1.97. The van der Waals surface area contributed by atoms with Gasteiger partial charge in [0, 0.05) is 0 Å². The van der Waals surface area contributed by atoms with Gasteiger partial charge in [-0.1, -0.05) is 13.0 Å². The number of hydrogen-bond donors (Lipinski definition) is 0. The van der Waals surface area contributed by atoms with Crippen LogP contribution in [0.25, 0.3) is 10.1 Å². The average molecular weight is 208 g/mol. The second-order valence-corrected chi connectivity index (χ2v) is 3.96. The molecule has 0 aliphatic rings. The maximum absolute atomic E-state index is 13.6. The SMILES string of the molecule is CCc1csc2c(F)c(C=O)ccc12. The summed E-state index contributed by atoms with van der Waals surface area (Å²) in [5.41, 5.74) is 1.28. The number of benzene rings is 1. The maximum Gasteiger partial charge on any atom is 0.153 e. The van der Waals surface area contributed by atoms with Crippen molar-refractivity contribution in [2.75, 3.05) is 0 Å². The molecule has 1 heterocycles. The van der Waals surface area contributed by atoms with Crippen LogP contribution in [0.15, 0.2) is 17.5 Å². The number of aryl methyl sites for hydroxylation is 1. The highest BCUT2D eigenvalue weighted by Gasteiger charge is 2.10. The number of carbonyl (C=O) groups excluding carboxylic acids is 1. The normalized spacial score (nSPS) is 10.7. The first-order valence-electron chi connectivity index (χ1n) is 4.41. The molecule has 0 saturated carbocycles. The Morgan fingerprint density at radius 2 is 2.29 bits per heavy atom. The zero-order chi connectivity index (χ0) is 10.1. The van der Waals surface area contributed by atoms with Gasteiger partial charge >= 0.3 is 0 Å². The Bertz CT molecular complexity index is 487. The van der Waals surface area contributed by atoms with Crippen LogP contribution >= 0.6 is 11.3 Å². The van der Waals surface area contributed by atoms with Gasteiger partial charge in [0.05, 0.1) is 10.3 Å². The van der Waals surface area contributed by atoms with Gasteiger partial charge in [-0.2, -0.15) is 0 Å². The summed E-state index contributed by atoms with van der Waals surface area (Å²) in [6.45, 7) is 2.03. The van der Waals surface area contributed by atoms with Crippen LogP contribution in [-0.4, -0.2) is 6.29 Å². The van der Waals surface area contributed by atoms with Gasteiger partial charge in [-0.15, -0.1) is 11.3 Å². The lowest BCUT2D eigenvalue weighted by molar-refractivity contribution is 0.112. The largest absolute Gasteiger partial charge is 0.298 e. The van der Waals surface area contributed by atoms with Gasteiger partial charge < -0.3 is 0 Å². The highest BCUT2D eigenvalue weighted by atomic mass is 32.1. The van der Waals surface area contributed by atoms with Crippen LogP contribution in [0.3, 0.4) is 0 Å². The Hall–Kier alpha value is -1.22. The van der Waals surface area contributed by atoms with E-state index in [1.807, 2.05) is 18.4 Å². The van der Waals surface area contributed by atoms with Crippen molar-refractivity contribution in [3.63, 3.8) is 0 Å². The van der Waals surface area contributed by atoms with Gasteiger partial charge in [0.25, 0.3) is 0 Å². The highest BCUT2D eigenvalue weighted by Crippen LogP contribution is 2.29. The molecule has 14 heavy (non-hydrogen) atoms. The van der Waals surface area contributed by atoms with Crippen LogP contribution in [0.4, 0.5) is 4.39 Å². The van der Waals surface area contributed by atoms with Crippen molar-refractivity contribution in [2.45, 2.75) is 13.3 Å². The first kappa shape index (κ1) is 9.34. The average Bonchev–Trinajstić information content (AvgIpc) is 2.62. The van der Waals surface area contributed by atoms with Crippen LogP contribution in [-0.2, 0) is 6.42 Å². The Kier molecular flexibility index (Phi) is 2.33. The summed E-state index contributed by atoms with van der Waals surface area (Å²) in [5.74, 6) is -0.387. The molecule has 0 aliphatic carbocycles. The number of hydrogen-bond acceptors (Lipinski definition) is 2. The zero-order valence-electron chi connectivity index (χ0n) is 7.71. The molecule has 1 nitrogen and oxygen atoms in total. The van der Waals surface area contributed by atoms with Crippen LogP contribution < -0.4 is 0 Å². The minimum Gasteiger partial charge on any atom is -0.298 e. The number of thiophene rings is 1. The Morgan fingerprint density at radius 1 is 1.50 bits per heavy atom. The number of halogens is 1. The molecule has 0 spiro atoms. The monoisotopic (exact) mass is 208 g/mol. The molecule has 0 fully saturated rings. The van der Waals surface area contributed by atoms with Crippen molar-refractivity contribution in [3.8, 4) is 0 Å². The number of rotatable bonds is 2. The van der Waals surface area contributed by atoms with E-state index in [1.165, 1.54) is 17.4 Å². The van der Waals surface area contributed by atoms with E-state index in [2.05, 4.69) is 0 Å². The molecule has 2 aromatic rings. The van der Waals surface area contributed by atoms with Crippen LogP contribution in [0.5, 0.6) is 0 Å². The lowest BCUT2D eigenvalue weighted by atomic mass is 10.1. The summed E-state index contributed by atoms with van der Waals surface area (Å²) in [6, 6.07) is 3.36. The standard InChI is InChI=1S/C11H9FOS/c1-2-7-6-14-11-9(7)4-3-8(5-13)10(11)12/h3-6H,2H2,1H3. The third kappa shape index (κ3) is 1.24. The van der Waals surface area contributed by atoms with E-state index >= 15 is 0 Å². The molecule has 0 aliphatic heterocycles. The molecule has 1 aromatic heterocycles. The molecule has 0 radical (unpaired) electrons. The Morgan fingerprint density at radius 3 is 2.93 bits per heavy atom. The third-order valence-electron chi connectivity index (χ3n) is 2.30. The van der Waals surface area contributed by atoms with Gasteiger partial charge in [-0.05, 0) is 28.8 Å². The molecule has 0 N–H and O–H groups in total. The molecule has 0 amide bonds. The first-order chi connectivity index (χ1) is 6.77. The van der Waals surface area contributed by atoms with Gasteiger partial charge in [0.15, 0.2) is 12.1 Å². The number of aldehydes is 1. The molecular formula is C11H9FOS. The summed E-state index contributed by atoms with van der Waals surface area (Å²) in [5, 5.41) is 2.88. The first-order valence-corrected chi connectivity index (χ1v) is 5.29. The molecule has 0 unspecified atom stereocenters. The van der Waals surface area contributed by atoms with Crippen LogP contribution in [0.1, 0.15) is 22.8 Å². The summed E-state index contributed by atoms with van der Waals surface area (Å²) in [4.78, 5) is 10.5. The zero-order valence-corrected chi connectivity index (χ0v) is 8.53. The van der Waals surface area contributed by atoms with Crippen molar-refractivity contribution in [1.29, 1.82) is 0 Å². The van der Waals surface area contributed by atoms with E-state index in [-0.39, 0.29) is 11.4 Å². The van der Waals surface area contributed by atoms with Gasteiger partial charge in [-0.3, -0.25) is 4.79 Å². The van der Waals surface area contributed by atoms with Crippen LogP contribution in [0.2, 0.25) is 0 Å². The molecule has 0 saturated heterocycles. The number of fused-ring (bicyclic) bond motifs is 1. The van der Waals surface area contributed by atoms with Gasteiger partial charge in [0.2, 0.25) is 0 Å². The van der Waals surface area contributed by atoms with Crippen molar-refractivity contribution in [1.82, 2.24) is 0 Å². The fourth-order valence-electron chi connectivity index (χ4n) is 1.50. The van der Waals surface area contributed by atoms with E-state index < -0.39 is 0 Å². The molecule has 72 valence electrons.